The average Bonchev–Trinajstić information content (AvgIpc) is 2.45. The van der Waals surface area contributed by atoms with Gasteiger partial charge in [-0.25, -0.2) is 0 Å². The van der Waals surface area contributed by atoms with Gasteiger partial charge in [-0.2, -0.15) is 0 Å². The third-order valence-corrected chi connectivity index (χ3v) is 4.86. The highest BCUT2D eigenvalue weighted by Crippen LogP contribution is 2.27. The Labute approximate surface area is 134 Å². The predicted octanol–water partition coefficient (Wildman–Crippen LogP) is 1.83. The molecule has 1 aliphatic heterocycles. The molecule has 1 N–H and O–H groups in total. The molecule has 1 saturated heterocycles. The standard InChI is InChI=1S/C17H28BNO3/c1-12-10-14(18-22-17(4,5)16(2,3)20)11-19-15(12)13-6-8-21-9-7-13/h10-11,13,18,20H,6-9H2,1-5H3. The molecule has 0 atom stereocenters. The molecule has 1 aromatic rings. The number of ether oxygens (including phenoxy) is 1. The molecule has 1 aromatic heterocycles. The van der Waals surface area contributed by atoms with Crippen LogP contribution in [0.2, 0.25) is 0 Å². The average molecular weight is 305 g/mol. The molecule has 22 heavy (non-hydrogen) atoms. The van der Waals surface area contributed by atoms with Crippen molar-refractivity contribution in [3.05, 3.63) is 23.5 Å². The lowest BCUT2D eigenvalue weighted by atomic mass is 9.82. The summed E-state index contributed by atoms with van der Waals surface area (Å²) in [4.78, 5) is 4.67. The van der Waals surface area contributed by atoms with Crippen molar-refractivity contribution >= 4 is 12.9 Å². The molecule has 0 aliphatic carbocycles. The molecule has 0 bridgehead atoms. The van der Waals surface area contributed by atoms with Gasteiger partial charge in [0.05, 0.1) is 11.2 Å². The van der Waals surface area contributed by atoms with Crippen molar-refractivity contribution in [3.8, 4) is 0 Å². The maximum Gasteiger partial charge on any atom is 0.311 e. The van der Waals surface area contributed by atoms with Crippen LogP contribution < -0.4 is 5.46 Å². The van der Waals surface area contributed by atoms with Crippen molar-refractivity contribution in [3.63, 3.8) is 0 Å². The Kier molecular flexibility index (Phi) is 5.31. The van der Waals surface area contributed by atoms with Gasteiger partial charge in [-0.1, -0.05) is 6.07 Å². The highest BCUT2D eigenvalue weighted by molar-refractivity contribution is 6.46. The van der Waals surface area contributed by atoms with Gasteiger partial charge in [0.25, 0.3) is 0 Å². The zero-order valence-corrected chi connectivity index (χ0v) is 14.5. The molecular weight excluding hydrogens is 277 g/mol. The minimum absolute atomic E-state index is 0.457. The molecule has 0 unspecified atom stereocenters. The first kappa shape index (κ1) is 17.4. The third kappa shape index (κ3) is 4.09. The fourth-order valence-electron chi connectivity index (χ4n) is 2.56. The maximum atomic E-state index is 10.1. The topological polar surface area (TPSA) is 51.6 Å². The van der Waals surface area contributed by atoms with Crippen molar-refractivity contribution in [1.29, 1.82) is 0 Å². The lowest BCUT2D eigenvalue weighted by Crippen LogP contribution is -2.49. The first-order valence-electron chi connectivity index (χ1n) is 8.10. The van der Waals surface area contributed by atoms with Crippen LogP contribution in [0.4, 0.5) is 0 Å². The minimum atomic E-state index is -0.891. The quantitative estimate of drug-likeness (QED) is 0.843. The number of hydrogen-bond donors (Lipinski definition) is 1. The van der Waals surface area contributed by atoms with Crippen molar-refractivity contribution in [2.45, 2.75) is 64.6 Å². The van der Waals surface area contributed by atoms with Gasteiger partial charge >= 0.3 is 7.48 Å². The summed E-state index contributed by atoms with van der Waals surface area (Å²) in [6.07, 6.45) is 4.00. The van der Waals surface area contributed by atoms with E-state index < -0.39 is 11.2 Å². The number of nitrogens with zero attached hydrogens (tertiary/aromatic N) is 1. The van der Waals surface area contributed by atoms with E-state index in [9.17, 15) is 5.11 Å². The number of aryl methyl sites for hydroxylation is 1. The Hall–Kier alpha value is -0.905. The van der Waals surface area contributed by atoms with E-state index >= 15 is 0 Å². The van der Waals surface area contributed by atoms with Gasteiger partial charge in [-0.05, 0) is 58.5 Å². The second-order valence-corrected chi connectivity index (χ2v) is 7.29. The molecule has 0 amide bonds. The molecule has 1 aliphatic rings. The molecule has 4 nitrogen and oxygen atoms in total. The van der Waals surface area contributed by atoms with Gasteiger partial charge in [0.1, 0.15) is 0 Å². The Morgan fingerprint density at radius 1 is 1.27 bits per heavy atom. The van der Waals surface area contributed by atoms with E-state index in [1.165, 1.54) is 11.3 Å². The first-order chi connectivity index (χ1) is 10.2. The molecule has 2 heterocycles. The predicted molar refractivity (Wildman–Crippen MR) is 90.0 cm³/mol. The number of pyridine rings is 1. The van der Waals surface area contributed by atoms with Gasteiger partial charge in [-0.3, -0.25) is 4.98 Å². The zero-order valence-electron chi connectivity index (χ0n) is 14.5. The second kappa shape index (κ2) is 6.69. The fourth-order valence-corrected chi connectivity index (χ4v) is 2.56. The van der Waals surface area contributed by atoms with Gasteiger partial charge in [-0.15, -0.1) is 0 Å². The molecule has 122 valence electrons. The minimum Gasteiger partial charge on any atom is -0.427 e. The van der Waals surface area contributed by atoms with Gasteiger partial charge < -0.3 is 14.5 Å². The summed E-state index contributed by atoms with van der Waals surface area (Å²) in [7, 11) is 0.457. The van der Waals surface area contributed by atoms with Crippen LogP contribution in [-0.4, -0.2) is 42.0 Å². The molecular formula is C17H28BNO3. The van der Waals surface area contributed by atoms with E-state index in [4.69, 9.17) is 9.39 Å². The molecule has 0 spiro atoms. The van der Waals surface area contributed by atoms with Crippen LogP contribution in [0.1, 0.15) is 57.7 Å². The fraction of sp³-hybridized carbons (Fsp3) is 0.706. The van der Waals surface area contributed by atoms with Crippen LogP contribution >= 0.6 is 0 Å². The van der Waals surface area contributed by atoms with E-state index in [2.05, 4.69) is 18.0 Å². The SMILES string of the molecule is Cc1cc(BOC(C)(C)C(C)(C)O)cnc1C1CCOCC1. The number of aromatic nitrogens is 1. The Balaban J connectivity index is 2.03. The van der Waals surface area contributed by atoms with E-state index in [-0.39, 0.29) is 0 Å². The van der Waals surface area contributed by atoms with Crippen LogP contribution in [0.3, 0.4) is 0 Å². The normalized spacial score (nSPS) is 17.5. The monoisotopic (exact) mass is 305 g/mol. The summed E-state index contributed by atoms with van der Waals surface area (Å²) in [5.41, 5.74) is 1.95. The first-order valence-corrected chi connectivity index (χ1v) is 8.10. The van der Waals surface area contributed by atoms with Crippen LogP contribution in [0.15, 0.2) is 12.3 Å². The van der Waals surface area contributed by atoms with E-state index in [0.29, 0.717) is 13.4 Å². The van der Waals surface area contributed by atoms with E-state index in [1.807, 2.05) is 20.0 Å². The van der Waals surface area contributed by atoms with Gasteiger partial charge in [0, 0.05) is 31.0 Å². The lowest BCUT2D eigenvalue weighted by molar-refractivity contribution is -0.0893. The van der Waals surface area contributed by atoms with Crippen LogP contribution in [0, 0.1) is 6.92 Å². The highest BCUT2D eigenvalue weighted by Gasteiger charge is 2.35. The van der Waals surface area contributed by atoms with Crippen LogP contribution in [0.5, 0.6) is 0 Å². The van der Waals surface area contributed by atoms with Gasteiger partial charge in [0.2, 0.25) is 0 Å². The largest absolute Gasteiger partial charge is 0.427 e. The maximum absolute atomic E-state index is 10.1. The van der Waals surface area contributed by atoms with Gasteiger partial charge in [0.15, 0.2) is 0 Å². The smallest absolute Gasteiger partial charge is 0.311 e. The van der Waals surface area contributed by atoms with Crippen molar-refractivity contribution in [2.24, 2.45) is 0 Å². The highest BCUT2D eigenvalue weighted by atomic mass is 16.5. The summed E-state index contributed by atoms with van der Waals surface area (Å²) < 4.78 is 11.3. The van der Waals surface area contributed by atoms with Crippen molar-refractivity contribution in [1.82, 2.24) is 4.98 Å². The molecule has 5 heteroatoms. The molecule has 1 fully saturated rings. The third-order valence-electron chi connectivity index (χ3n) is 4.86. The Morgan fingerprint density at radius 2 is 1.91 bits per heavy atom. The number of aliphatic hydroxyl groups is 1. The van der Waals surface area contributed by atoms with Crippen LogP contribution in [0.25, 0.3) is 0 Å². The molecule has 0 radical (unpaired) electrons. The second-order valence-electron chi connectivity index (χ2n) is 7.29. The summed E-state index contributed by atoms with van der Waals surface area (Å²) >= 11 is 0. The van der Waals surface area contributed by atoms with E-state index in [1.54, 1.807) is 13.8 Å². The Morgan fingerprint density at radius 3 is 2.45 bits per heavy atom. The molecule has 0 aromatic carbocycles. The van der Waals surface area contributed by atoms with Crippen molar-refractivity contribution < 1.29 is 14.5 Å². The van der Waals surface area contributed by atoms with Crippen LogP contribution in [-0.2, 0) is 9.39 Å². The van der Waals surface area contributed by atoms with Crippen molar-refractivity contribution in [2.75, 3.05) is 13.2 Å². The lowest BCUT2D eigenvalue weighted by Gasteiger charge is -2.37. The number of hydrogen-bond acceptors (Lipinski definition) is 4. The molecule has 2 rings (SSSR count). The Bertz CT molecular complexity index is 505. The van der Waals surface area contributed by atoms with E-state index in [0.717, 1.165) is 31.5 Å². The summed E-state index contributed by atoms with van der Waals surface area (Å²) in [5.74, 6) is 0.511. The number of rotatable bonds is 5. The molecule has 0 saturated carbocycles. The summed E-state index contributed by atoms with van der Waals surface area (Å²) in [6, 6.07) is 2.15. The zero-order chi connectivity index (χ0) is 16.4. The summed E-state index contributed by atoms with van der Waals surface area (Å²) in [5, 5.41) is 10.1. The summed E-state index contributed by atoms with van der Waals surface area (Å²) in [6.45, 7) is 11.1.